The number of nitrogens with zero attached hydrogens (tertiary/aromatic N) is 1. The molecule has 19 heavy (non-hydrogen) atoms. The van der Waals surface area contributed by atoms with Crippen LogP contribution < -0.4 is 10.1 Å². The quantitative estimate of drug-likeness (QED) is 0.863. The van der Waals surface area contributed by atoms with E-state index in [2.05, 4.69) is 10.3 Å². The zero-order chi connectivity index (χ0) is 14.5. The van der Waals surface area contributed by atoms with Crippen LogP contribution in [0.5, 0.6) is 5.88 Å². The van der Waals surface area contributed by atoms with Crippen LogP contribution in [0.2, 0.25) is 5.15 Å². The van der Waals surface area contributed by atoms with E-state index in [4.69, 9.17) is 21.1 Å². The molecule has 1 amide bonds. The largest absolute Gasteiger partial charge is 0.475 e. The topological polar surface area (TPSA) is 60.5 Å². The zero-order valence-corrected chi connectivity index (χ0v) is 11.8. The Morgan fingerprint density at radius 3 is 2.74 bits per heavy atom. The van der Waals surface area contributed by atoms with Crippen LogP contribution in [0.25, 0.3) is 0 Å². The van der Waals surface area contributed by atoms with E-state index in [1.54, 1.807) is 20.8 Å². The first-order valence-electron chi connectivity index (χ1n) is 5.66. The van der Waals surface area contributed by atoms with E-state index < -0.39 is 18.4 Å². The molecule has 106 valence electrons. The van der Waals surface area contributed by atoms with Crippen LogP contribution in [0.1, 0.15) is 20.8 Å². The van der Waals surface area contributed by atoms with Gasteiger partial charge in [0.15, 0.2) is 0 Å². The van der Waals surface area contributed by atoms with E-state index in [0.717, 1.165) is 0 Å². The molecule has 7 heteroatoms. The number of carbonyl (C=O) groups is 1. The van der Waals surface area contributed by atoms with Gasteiger partial charge in [-0.2, -0.15) is 0 Å². The van der Waals surface area contributed by atoms with Gasteiger partial charge in [0.1, 0.15) is 24.0 Å². The maximum absolute atomic E-state index is 12.0. The predicted octanol–water partition coefficient (Wildman–Crippen LogP) is 3.43. The summed E-state index contributed by atoms with van der Waals surface area (Å²) >= 11 is 5.77. The highest BCUT2D eigenvalue weighted by atomic mass is 35.5. The van der Waals surface area contributed by atoms with E-state index in [1.807, 2.05) is 0 Å². The molecule has 0 aliphatic carbocycles. The lowest BCUT2D eigenvalue weighted by molar-refractivity contribution is 0.0636. The number of anilines is 1. The van der Waals surface area contributed by atoms with Crippen molar-refractivity contribution >= 4 is 23.4 Å². The molecule has 0 atom stereocenters. The lowest BCUT2D eigenvalue weighted by atomic mass is 10.2. The lowest BCUT2D eigenvalue weighted by Crippen LogP contribution is -2.27. The second-order valence-corrected chi connectivity index (χ2v) is 5.07. The summed E-state index contributed by atoms with van der Waals surface area (Å²) in [6, 6.07) is 2.87. The fourth-order valence-electron chi connectivity index (χ4n) is 1.18. The Hall–Kier alpha value is -1.56. The number of amides is 1. The third-order valence-electron chi connectivity index (χ3n) is 1.74. The summed E-state index contributed by atoms with van der Waals surface area (Å²) in [5.41, 5.74) is -0.239. The van der Waals surface area contributed by atoms with Crippen LogP contribution in [-0.2, 0) is 4.74 Å². The first kappa shape index (κ1) is 15.5. The summed E-state index contributed by atoms with van der Waals surface area (Å²) in [6.45, 7) is 4.49. The number of carbonyl (C=O) groups excluding carboxylic acids is 1. The Kier molecular flexibility index (Phi) is 5.35. The van der Waals surface area contributed by atoms with Crippen LogP contribution in [-0.4, -0.2) is 30.0 Å². The summed E-state index contributed by atoms with van der Waals surface area (Å²) in [4.78, 5) is 15.4. The number of nitrogens with one attached hydrogen (secondary N) is 1. The highest BCUT2D eigenvalue weighted by Gasteiger charge is 2.16. The molecule has 0 aliphatic rings. The molecule has 1 heterocycles. The van der Waals surface area contributed by atoms with Crippen molar-refractivity contribution in [3.8, 4) is 5.88 Å². The molecule has 0 radical (unpaired) electrons. The molecule has 1 rings (SSSR count). The number of rotatable bonds is 4. The fourth-order valence-corrected chi connectivity index (χ4v) is 1.38. The van der Waals surface area contributed by atoms with E-state index in [1.165, 1.54) is 12.1 Å². The molecule has 1 aromatic rings. The predicted molar refractivity (Wildman–Crippen MR) is 70.6 cm³/mol. The average molecular weight is 291 g/mol. The second kappa shape index (κ2) is 6.56. The maximum atomic E-state index is 12.0. The van der Waals surface area contributed by atoms with E-state index in [0.29, 0.717) is 5.69 Å². The van der Waals surface area contributed by atoms with Gasteiger partial charge < -0.3 is 9.47 Å². The fraction of sp³-hybridized carbons (Fsp3) is 0.500. The Balaban J connectivity index is 2.72. The lowest BCUT2D eigenvalue weighted by Gasteiger charge is -2.19. The monoisotopic (exact) mass is 290 g/mol. The van der Waals surface area contributed by atoms with Gasteiger partial charge in [0, 0.05) is 6.07 Å². The summed E-state index contributed by atoms with van der Waals surface area (Å²) in [6.07, 6.45) is -0.619. The zero-order valence-electron chi connectivity index (χ0n) is 11.0. The van der Waals surface area contributed by atoms with Crippen molar-refractivity contribution in [2.24, 2.45) is 0 Å². The third-order valence-corrected chi connectivity index (χ3v) is 1.94. The minimum atomic E-state index is -0.636. The summed E-state index contributed by atoms with van der Waals surface area (Å²) in [7, 11) is 0. The van der Waals surface area contributed by atoms with Crippen molar-refractivity contribution in [3.05, 3.63) is 17.3 Å². The van der Waals surface area contributed by atoms with E-state index in [-0.39, 0.29) is 17.6 Å². The number of hydrogen-bond acceptors (Lipinski definition) is 4. The normalized spacial score (nSPS) is 11.0. The summed E-state index contributed by atoms with van der Waals surface area (Å²) in [5.74, 6) is 0.135. The van der Waals surface area contributed by atoms with Crippen molar-refractivity contribution < 1.29 is 18.7 Å². The first-order valence-corrected chi connectivity index (χ1v) is 6.04. The smallest absolute Gasteiger partial charge is 0.412 e. The molecule has 0 aromatic carbocycles. The Morgan fingerprint density at radius 2 is 2.16 bits per heavy atom. The minimum Gasteiger partial charge on any atom is -0.475 e. The van der Waals surface area contributed by atoms with Gasteiger partial charge in [-0.1, -0.05) is 11.6 Å². The molecule has 0 spiro atoms. The molecule has 1 aromatic heterocycles. The van der Waals surface area contributed by atoms with Gasteiger partial charge in [-0.25, -0.2) is 14.2 Å². The standard InChI is InChI=1S/C12H16ClFN2O3/c1-12(2,3)19-11(17)15-8-6-9(13)16-10(7-8)18-5-4-14/h6-7H,4-5H2,1-3H3,(H,15,16,17). The number of alkyl halides is 1. The number of halogens is 2. The third kappa shape index (κ3) is 6.24. The SMILES string of the molecule is CC(C)(C)OC(=O)Nc1cc(Cl)nc(OCCF)c1. The van der Waals surface area contributed by atoms with Crippen molar-refractivity contribution in [3.63, 3.8) is 0 Å². The first-order chi connectivity index (χ1) is 8.80. The van der Waals surface area contributed by atoms with E-state index >= 15 is 0 Å². The number of hydrogen-bond donors (Lipinski definition) is 1. The van der Waals surface area contributed by atoms with Gasteiger partial charge in [-0.3, -0.25) is 5.32 Å². The van der Waals surface area contributed by atoms with Crippen molar-refractivity contribution in [1.29, 1.82) is 0 Å². The van der Waals surface area contributed by atoms with Gasteiger partial charge in [0.05, 0.1) is 5.69 Å². The van der Waals surface area contributed by atoms with Gasteiger partial charge in [-0.05, 0) is 26.8 Å². The molecule has 0 saturated heterocycles. The molecule has 0 saturated carbocycles. The minimum absolute atomic E-state index is 0.126. The van der Waals surface area contributed by atoms with Gasteiger partial charge in [0.25, 0.3) is 0 Å². The van der Waals surface area contributed by atoms with Crippen LogP contribution in [0.4, 0.5) is 14.9 Å². The molecule has 0 bridgehead atoms. The average Bonchev–Trinajstić information content (AvgIpc) is 2.22. The Labute approximate surface area is 116 Å². The van der Waals surface area contributed by atoms with Crippen molar-refractivity contribution in [2.75, 3.05) is 18.6 Å². The maximum Gasteiger partial charge on any atom is 0.412 e. The van der Waals surface area contributed by atoms with Gasteiger partial charge in [0.2, 0.25) is 5.88 Å². The van der Waals surface area contributed by atoms with Crippen LogP contribution in [0, 0.1) is 0 Å². The Morgan fingerprint density at radius 1 is 1.47 bits per heavy atom. The molecule has 5 nitrogen and oxygen atoms in total. The van der Waals surface area contributed by atoms with Crippen molar-refractivity contribution in [1.82, 2.24) is 4.98 Å². The molecule has 1 N–H and O–H groups in total. The van der Waals surface area contributed by atoms with Gasteiger partial charge >= 0.3 is 6.09 Å². The molecule has 0 unspecified atom stereocenters. The second-order valence-electron chi connectivity index (χ2n) is 4.68. The van der Waals surface area contributed by atoms with Crippen LogP contribution in [0.3, 0.4) is 0 Å². The number of pyridine rings is 1. The number of aromatic nitrogens is 1. The highest BCUT2D eigenvalue weighted by Crippen LogP contribution is 2.21. The summed E-state index contributed by atoms with van der Waals surface area (Å²) in [5, 5.41) is 2.62. The molecule has 0 aliphatic heterocycles. The molecular weight excluding hydrogens is 275 g/mol. The molecular formula is C12H16ClFN2O3. The molecule has 0 fully saturated rings. The van der Waals surface area contributed by atoms with Crippen LogP contribution >= 0.6 is 11.6 Å². The van der Waals surface area contributed by atoms with E-state index in [9.17, 15) is 9.18 Å². The Bertz CT molecular complexity index is 449. The van der Waals surface area contributed by atoms with Crippen molar-refractivity contribution in [2.45, 2.75) is 26.4 Å². The highest BCUT2D eigenvalue weighted by molar-refractivity contribution is 6.29. The summed E-state index contributed by atoms with van der Waals surface area (Å²) < 4.78 is 22.1. The van der Waals surface area contributed by atoms with Crippen LogP contribution in [0.15, 0.2) is 12.1 Å². The number of ether oxygens (including phenoxy) is 2. The van der Waals surface area contributed by atoms with Gasteiger partial charge in [-0.15, -0.1) is 0 Å².